The lowest BCUT2D eigenvalue weighted by atomic mass is 10.1. The summed E-state index contributed by atoms with van der Waals surface area (Å²) in [7, 11) is 0. The van der Waals surface area contributed by atoms with E-state index in [0.29, 0.717) is 16.2 Å². The van der Waals surface area contributed by atoms with Gasteiger partial charge in [0.05, 0.1) is 11.4 Å². The first-order chi connectivity index (χ1) is 13.7. The fourth-order valence-electron chi connectivity index (χ4n) is 3.20. The van der Waals surface area contributed by atoms with Crippen molar-refractivity contribution in [3.63, 3.8) is 0 Å². The van der Waals surface area contributed by atoms with Gasteiger partial charge < -0.3 is 0 Å². The van der Waals surface area contributed by atoms with Crippen molar-refractivity contribution >= 4 is 12.2 Å². The zero-order valence-electron chi connectivity index (χ0n) is 14.8. The Labute approximate surface area is 167 Å². The first-order valence-corrected chi connectivity index (χ1v) is 9.11. The highest BCUT2D eigenvalue weighted by atomic mass is 32.1. The van der Waals surface area contributed by atoms with Crippen LogP contribution in [0.1, 0.15) is 5.56 Å². The van der Waals surface area contributed by atoms with Gasteiger partial charge in [-0.05, 0) is 36.5 Å². The largest absolute Gasteiger partial charge is 0.285 e. The van der Waals surface area contributed by atoms with Crippen molar-refractivity contribution in [1.29, 1.82) is 5.26 Å². The lowest BCUT2D eigenvalue weighted by Crippen LogP contribution is -2.27. The Hall–Kier alpha value is -3.75. The molecule has 1 heterocycles. The number of hydrogen-bond acceptors (Lipinski definition) is 3. The average Bonchev–Trinajstić information content (AvgIpc) is 2.75. The molecule has 0 saturated carbocycles. The lowest BCUT2D eigenvalue weighted by molar-refractivity contribution is 0.840. The van der Waals surface area contributed by atoms with Crippen LogP contribution in [-0.4, -0.2) is 9.13 Å². The van der Waals surface area contributed by atoms with Crippen LogP contribution in [-0.2, 0) is 0 Å². The molecule has 3 aromatic carbocycles. The van der Waals surface area contributed by atoms with E-state index < -0.39 is 5.56 Å². The molecule has 4 aromatic rings. The van der Waals surface area contributed by atoms with E-state index in [-0.39, 0.29) is 5.56 Å². The second-order valence-electron chi connectivity index (χ2n) is 6.13. The molecule has 134 valence electrons. The molecule has 0 bridgehead atoms. The van der Waals surface area contributed by atoms with Crippen LogP contribution in [0.4, 0.5) is 0 Å². The molecule has 0 amide bonds. The fraction of sp³-hybridized carbons (Fsp3) is 0. The molecule has 0 aliphatic rings. The molecule has 0 unspecified atom stereocenters. The maximum atomic E-state index is 13.3. The maximum Gasteiger partial charge on any atom is 0.277 e. The summed E-state index contributed by atoms with van der Waals surface area (Å²) in [5.74, 6) is 0. The summed E-state index contributed by atoms with van der Waals surface area (Å²) in [5, 5.41) is 9.88. The Kier molecular flexibility index (Phi) is 4.71. The highest BCUT2D eigenvalue weighted by Crippen LogP contribution is 2.26. The summed E-state index contributed by atoms with van der Waals surface area (Å²) in [6.07, 6.45) is 0. The highest BCUT2D eigenvalue weighted by molar-refractivity contribution is 7.71. The molecular formula is C23H15N3OS. The third kappa shape index (κ3) is 2.96. The second kappa shape index (κ2) is 7.47. The van der Waals surface area contributed by atoms with Crippen molar-refractivity contribution in [2.45, 2.75) is 0 Å². The van der Waals surface area contributed by atoms with E-state index in [1.165, 1.54) is 4.57 Å². The average molecular weight is 381 g/mol. The van der Waals surface area contributed by atoms with Crippen molar-refractivity contribution in [1.82, 2.24) is 9.13 Å². The van der Waals surface area contributed by atoms with Crippen LogP contribution in [0.5, 0.6) is 0 Å². The summed E-state index contributed by atoms with van der Waals surface area (Å²) in [4.78, 5) is 13.3. The number of nitriles is 1. The van der Waals surface area contributed by atoms with Crippen LogP contribution in [0, 0.1) is 16.1 Å². The van der Waals surface area contributed by atoms with Crippen LogP contribution < -0.4 is 5.56 Å². The van der Waals surface area contributed by atoms with E-state index in [4.69, 9.17) is 12.2 Å². The normalized spacial score (nSPS) is 10.4. The van der Waals surface area contributed by atoms with Gasteiger partial charge in [-0.15, -0.1) is 0 Å². The predicted octanol–water partition coefficient (Wildman–Crippen LogP) is 4.90. The molecule has 0 fully saturated rings. The maximum absolute atomic E-state index is 13.3. The predicted molar refractivity (Wildman–Crippen MR) is 112 cm³/mol. The summed E-state index contributed by atoms with van der Waals surface area (Å²) >= 11 is 5.76. The fourth-order valence-corrected chi connectivity index (χ4v) is 3.58. The Morgan fingerprint density at radius 1 is 0.714 bits per heavy atom. The van der Waals surface area contributed by atoms with Gasteiger partial charge in [0.15, 0.2) is 4.77 Å². The van der Waals surface area contributed by atoms with Crippen LogP contribution in [0.2, 0.25) is 0 Å². The lowest BCUT2D eigenvalue weighted by Gasteiger charge is -2.19. The minimum absolute atomic E-state index is 0.0486. The van der Waals surface area contributed by atoms with Gasteiger partial charge in [-0.2, -0.15) is 5.26 Å². The summed E-state index contributed by atoms with van der Waals surface area (Å²) < 4.78 is 3.51. The quantitative estimate of drug-likeness (QED) is 0.475. The molecular weight excluding hydrogens is 366 g/mol. The first kappa shape index (κ1) is 17.7. The van der Waals surface area contributed by atoms with E-state index in [2.05, 4.69) is 6.07 Å². The molecule has 0 saturated heterocycles. The van der Waals surface area contributed by atoms with Gasteiger partial charge in [0.25, 0.3) is 5.56 Å². The molecule has 0 atom stereocenters. The molecule has 0 aliphatic heterocycles. The van der Waals surface area contributed by atoms with Crippen molar-refractivity contribution in [2.75, 3.05) is 0 Å². The van der Waals surface area contributed by atoms with Crippen LogP contribution in [0.3, 0.4) is 0 Å². The van der Waals surface area contributed by atoms with Gasteiger partial charge >= 0.3 is 0 Å². The zero-order chi connectivity index (χ0) is 19.5. The third-order valence-corrected chi connectivity index (χ3v) is 4.81. The first-order valence-electron chi connectivity index (χ1n) is 8.71. The van der Waals surface area contributed by atoms with Crippen molar-refractivity contribution in [2.24, 2.45) is 0 Å². The molecule has 28 heavy (non-hydrogen) atoms. The molecule has 0 N–H and O–H groups in total. The molecule has 4 nitrogen and oxygen atoms in total. The Morgan fingerprint density at radius 2 is 1.18 bits per heavy atom. The van der Waals surface area contributed by atoms with Gasteiger partial charge in [0, 0.05) is 11.3 Å². The number of benzene rings is 3. The van der Waals surface area contributed by atoms with Crippen molar-refractivity contribution < 1.29 is 0 Å². The number of rotatable bonds is 3. The molecule has 5 heteroatoms. The number of aromatic nitrogens is 2. The van der Waals surface area contributed by atoms with Gasteiger partial charge in [0.1, 0.15) is 11.6 Å². The van der Waals surface area contributed by atoms with Crippen molar-refractivity contribution in [3.8, 4) is 28.7 Å². The van der Waals surface area contributed by atoms with Crippen LogP contribution in [0.25, 0.3) is 22.6 Å². The van der Waals surface area contributed by atoms with Gasteiger partial charge in [-0.3, -0.25) is 13.9 Å². The number of para-hydroxylation sites is 2. The minimum atomic E-state index is -0.426. The molecule has 1 aromatic heterocycles. The zero-order valence-corrected chi connectivity index (χ0v) is 15.6. The Bertz CT molecular complexity index is 1290. The Morgan fingerprint density at radius 3 is 1.68 bits per heavy atom. The second-order valence-corrected chi connectivity index (χ2v) is 6.50. The van der Waals surface area contributed by atoms with Crippen LogP contribution in [0.15, 0.2) is 95.8 Å². The topological polar surface area (TPSA) is 50.7 Å². The van der Waals surface area contributed by atoms with Gasteiger partial charge in [-0.1, -0.05) is 66.7 Å². The van der Waals surface area contributed by atoms with Crippen LogP contribution >= 0.6 is 12.2 Å². The standard InChI is InChI=1S/C23H15N3OS/c24-16-20-21(17-10-4-1-5-11-17)25(18-12-6-2-7-13-18)23(28)26(22(20)27)19-14-8-3-9-15-19/h1-15H. The third-order valence-electron chi connectivity index (χ3n) is 4.45. The molecule has 4 rings (SSSR count). The van der Waals surface area contributed by atoms with E-state index >= 15 is 0 Å². The number of hydrogen-bond donors (Lipinski definition) is 0. The smallest absolute Gasteiger partial charge is 0.277 e. The summed E-state index contributed by atoms with van der Waals surface area (Å²) in [5.41, 5.74) is 2.28. The van der Waals surface area contributed by atoms with Gasteiger partial charge in [0.2, 0.25) is 0 Å². The molecule has 0 radical (unpaired) electrons. The summed E-state index contributed by atoms with van der Waals surface area (Å²) in [6, 6.07) is 30.1. The SMILES string of the molecule is N#Cc1c(-c2ccccc2)n(-c2ccccc2)c(=S)n(-c2ccccc2)c1=O. The van der Waals surface area contributed by atoms with Gasteiger partial charge in [-0.25, -0.2) is 0 Å². The Balaban J connectivity index is 2.21. The molecule has 0 spiro atoms. The highest BCUT2D eigenvalue weighted by Gasteiger charge is 2.20. The van der Waals surface area contributed by atoms with E-state index in [9.17, 15) is 10.1 Å². The summed E-state index contributed by atoms with van der Waals surface area (Å²) in [6.45, 7) is 0. The van der Waals surface area contributed by atoms with Crippen molar-refractivity contribution in [3.05, 3.63) is 112 Å². The number of nitrogens with zero attached hydrogens (tertiary/aromatic N) is 3. The monoisotopic (exact) mass is 381 g/mol. The van der Waals surface area contributed by atoms with E-state index in [1.54, 1.807) is 16.7 Å². The minimum Gasteiger partial charge on any atom is -0.285 e. The molecule has 0 aliphatic carbocycles. The van der Waals surface area contributed by atoms with E-state index in [1.807, 2.05) is 78.9 Å². The van der Waals surface area contributed by atoms with E-state index in [0.717, 1.165) is 11.3 Å².